The summed E-state index contributed by atoms with van der Waals surface area (Å²) in [5.74, 6) is 0. The molecule has 3 heterocycles. The minimum Gasteiger partial charge on any atom is -0.472 e. The van der Waals surface area contributed by atoms with Gasteiger partial charge in [0.2, 0.25) is 5.43 Å². The zero-order valence-electron chi connectivity index (χ0n) is 11.5. The van der Waals surface area contributed by atoms with Crippen molar-refractivity contribution in [3.8, 4) is 0 Å². The molecular formula is C16H13N3O2. The number of hydrogen-bond donors (Lipinski definition) is 1. The maximum absolute atomic E-state index is 12.5. The van der Waals surface area contributed by atoms with E-state index in [0.717, 1.165) is 21.9 Å². The molecular weight excluding hydrogens is 266 g/mol. The molecule has 5 nitrogen and oxygen atoms in total. The van der Waals surface area contributed by atoms with Gasteiger partial charge in [-0.1, -0.05) is 0 Å². The first kappa shape index (κ1) is 12.0. The lowest BCUT2D eigenvalue weighted by atomic mass is 10.1. The molecule has 4 aromatic rings. The number of rotatable bonds is 3. The fraction of sp³-hybridized carbons (Fsp3) is 0.125. The smallest absolute Gasteiger partial charge is 0.227 e. The number of benzene rings is 1. The average molecular weight is 279 g/mol. The van der Waals surface area contributed by atoms with E-state index in [1.165, 1.54) is 0 Å². The summed E-state index contributed by atoms with van der Waals surface area (Å²) in [4.78, 5) is 16.8. The standard InChI is InChI=1S/C16H13N3O2/c1-19-4-2-11-8-18-15-14(11)13(19)6-12(16(15)20)17-7-10-3-5-21-9-10/h2-6,8-9,17H,7H2,1H3. The van der Waals surface area contributed by atoms with Gasteiger partial charge in [0, 0.05) is 42.3 Å². The first-order chi connectivity index (χ1) is 10.2. The number of nitrogens with one attached hydrogen (secondary N) is 1. The number of pyridine rings is 1. The van der Waals surface area contributed by atoms with Gasteiger partial charge in [0.15, 0.2) is 0 Å². The fourth-order valence-corrected chi connectivity index (χ4v) is 2.64. The highest BCUT2D eigenvalue weighted by Crippen LogP contribution is 2.26. The van der Waals surface area contributed by atoms with Crippen LogP contribution in [0.15, 0.2) is 52.3 Å². The lowest BCUT2D eigenvalue weighted by Gasteiger charge is -2.09. The maximum atomic E-state index is 12.5. The molecule has 0 radical (unpaired) electrons. The van der Waals surface area contributed by atoms with Crippen LogP contribution in [-0.4, -0.2) is 9.55 Å². The average Bonchev–Trinajstić information content (AvgIpc) is 3.14. The predicted octanol–water partition coefficient (Wildman–Crippen LogP) is 2.73. The van der Waals surface area contributed by atoms with Crippen LogP contribution >= 0.6 is 0 Å². The zero-order valence-corrected chi connectivity index (χ0v) is 11.5. The van der Waals surface area contributed by atoms with E-state index in [-0.39, 0.29) is 5.43 Å². The second-order valence-corrected chi connectivity index (χ2v) is 5.12. The SMILES string of the molecule is Cn1ccc2cnc3c(=O)c(NCc4ccoc4)cc1c23. The van der Waals surface area contributed by atoms with Gasteiger partial charge in [-0.05, 0) is 18.2 Å². The van der Waals surface area contributed by atoms with Crippen LogP contribution in [0.25, 0.3) is 21.8 Å². The Bertz CT molecular complexity index is 970. The van der Waals surface area contributed by atoms with E-state index >= 15 is 0 Å². The van der Waals surface area contributed by atoms with E-state index in [1.54, 1.807) is 18.7 Å². The van der Waals surface area contributed by atoms with Crippen molar-refractivity contribution in [2.24, 2.45) is 7.05 Å². The van der Waals surface area contributed by atoms with E-state index in [0.29, 0.717) is 17.7 Å². The van der Waals surface area contributed by atoms with Crippen LogP contribution in [0.5, 0.6) is 0 Å². The van der Waals surface area contributed by atoms with Crippen molar-refractivity contribution in [3.05, 3.63) is 58.9 Å². The molecule has 0 unspecified atom stereocenters. The van der Waals surface area contributed by atoms with Gasteiger partial charge in [0.05, 0.1) is 23.7 Å². The van der Waals surface area contributed by atoms with Crippen molar-refractivity contribution in [2.45, 2.75) is 6.54 Å². The molecule has 0 fully saturated rings. The molecule has 104 valence electrons. The first-order valence-electron chi connectivity index (χ1n) is 6.69. The third-order valence-corrected chi connectivity index (χ3v) is 3.78. The Hall–Kier alpha value is -2.82. The molecule has 21 heavy (non-hydrogen) atoms. The third-order valence-electron chi connectivity index (χ3n) is 3.78. The Morgan fingerprint density at radius 1 is 1.38 bits per heavy atom. The number of anilines is 1. The monoisotopic (exact) mass is 279 g/mol. The molecule has 0 bridgehead atoms. The number of aryl methyl sites for hydroxylation is 1. The van der Waals surface area contributed by atoms with Gasteiger partial charge in [0.25, 0.3) is 0 Å². The van der Waals surface area contributed by atoms with Crippen molar-refractivity contribution >= 4 is 27.5 Å². The highest BCUT2D eigenvalue weighted by molar-refractivity contribution is 6.09. The third kappa shape index (κ3) is 1.78. The summed E-state index contributed by atoms with van der Waals surface area (Å²) in [6.07, 6.45) is 7.00. The lowest BCUT2D eigenvalue weighted by Crippen LogP contribution is -2.12. The van der Waals surface area contributed by atoms with Crippen LogP contribution in [0.1, 0.15) is 5.56 Å². The van der Waals surface area contributed by atoms with Crippen LogP contribution in [0, 0.1) is 0 Å². The summed E-state index contributed by atoms with van der Waals surface area (Å²) < 4.78 is 7.03. The summed E-state index contributed by atoms with van der Waals surface area (Å²) in [6, 6.07) is 5.73. The molecule has 0 aliphatic carbocycles. The minimum absolute atomic E-state index is 0.0628. The molecule has 0 aliphatic heterocycles. The molecule has 0 atom stereocenters. The summed E-state index contributed by atoms with van der Waals surface area (Å²) in [6.45, 7) is 0.545. The molecule has 1 N–H and O–H groups in total. The van der Waals surface area contributed by atoms with E-state index in [9.17, 15) is 4.79 Å². The Morgan fingerprint density at radius 2 is 2.29 bits per heavy atom. The molecule has 4 rings (SSSR count). The molecule has 0 saturated heterocycles. The van der Waals surface area contributed by atoms with Crippen LogP contribution in [-0.2, 0) is 13.6 Å². The molecule has 5 heteroatoms. The predicted molar refractivity (Wildman–Crippen MR) is 81.7 cm³/mol. The molecule has 0 aliphatic rings. The summed E-state index contributed by atoms with van der Waals surface area (Å²) >= 11 is 0. The van der Waals surface area contributed by atoms with E-state index < -0.39 is 0 Å². The summed E-state index contributed by atoms with van der Waals surface area (Å²) in [5, 5.41) is 5.10. The molecule has 1 aromatic carbocycles. The van der Waals surface area contributed by atoms with Gasteiger partial charge in [-0.25, -0.2) is 0 Å². The highest BCUT2D eigenvalue weighted by Gasteiger charge is 2.13. The number of furan rings is 1. The summed E-state index contributed by atoms with van der Waals surface area (Å²) in [5.41, 5.74) is 3.01. The largest absolute Gasteiger partial charge is 0.472 e. The van der Waals surface area contributed by atoms with Crippen molar-refractivity contribution in [2.75, 3.05) is 5.32 Å². The van der Waals surface area contributed by atoms with Crippen LogP contribution in [0.3, 0.4) is 0 Å². The normalized spacial score (nSPS) is 11.5. The molecule has 0 saturated carbocycles. The Kier molecular flexibility index (Phi) is 2.47. The number of aromatic nitrogens is 2. The maximum Gasteiger partial charge on any atom is 0.227 e. The lowest BCUT2D eigenvalue weighted by molar-refractivity contribution is 0.564. The second kappa shape index (κ2) is 4.34. The van der Waals surface area contributed by atoms with Gasteiger partial charge in [-0.3, -0.25) is 9.78 Å². The quantitative estimate of drug-likeness (QED) is 0.626. The van der Waals surface area contributed by atoms with E-state index in [1.807, 2.05) is 36.0 Å². The van der Waals surface area contributed by atoms with Gasteiger partial charge in [-0.2, -0.15) is 0 Å². The van der Waals surface area contributed by atoms with Gasteiger partial charge >= 0.3 is 0 Å². The van der Waals surface area contributed by atoms with Gasteiger partial charge < -0.3 is 14.3 Å². The number of hydrogen-bond acceptors (Lipinski definition) is 4. The summed E-state index contributed by atoms with van der Waals surface area (Å²) in [7, 11) is 1.96. The Balaban J connectivity index is 1.87. The van der Waals surface area contributed by atoms with Crippen molar-refractivity contribution < 1.29 is 4.42 Å². The molecule has 0 amide bonds. The molecule has 3 aromatic heterocycles. The van der Waals surface area contributed by atoms with Crippen LogP contribution < -0.4 is 10.7 Å². The van der Waals surface area contributed by atoms with Crippen LogP contribution in [0.2, 0.25) is 0 Å². The van der Waals surface area contributed by atoms with E-state index in [4.69, 9.17) is 4.42 Å². The second-order valence-electron chi connectivity index (χ2n) is 5.12. The van der Waals surface area contributed by atoms with Gasteiger partial charge in [-0.15, -0.1) is 0 Å². The van der Waals surface area contributed by atoms with Crippen molar-refractivity contribution in [1.82, 2.24) is 9.55 Å². The number of nitrogens with zero attached hydrogens (tertiary/aromatic N) is 2. The van der Waals surface area contributed by atoms with E-state index in [2.05, 4.69) is 10.3 Å². The van der Waals surface area contributed by atoms with Crippen molar-refractivity contribution in [3.63, 3.8) is 0 Å². The van der Waals surface area contributed by atoms with Crippen LogP contribution in [0.4, 0.5) is 5.69 Å². The minimum atomic E-state index is -0.0628. The zero-order chi connectivity index (χ0) is 14.4. The Morgan fingerprint density at radius 3 is 3.10 bits per heavy atom. The molecule has 0 spiro atoms. The fourth-order valence-electron chi connectivity index (χ4n) is 2.64. The van der Waals surface area contributed by atoms with Crippen molar-refractivity contribution in [1.29, 1.82) is 0 Å². The van der Waals surface area contributed by atoms with Gasteiger partial charge in [0.1, 0.15) is 5.52 Å². The first-order valence-corrected chi connectivity index (χ1v) is 6.69. The topological polar surface area (TPSA) is 60.1 Å². The highest BCUT2D eigenvalue weighted by atomic mass is 16.3. The Labute approximate surface area is 120 Å².